The predicted octanol–water partition coefficient (Wildman–Crippen LogP) is 3.23. The van der Waals surface area contributed by atoms with Gasteiger partial charge < -0.3 is 10.3 Å². The Morgan fingerprint density at radius 1 is 1.35 bits per heavy atom. The molecule has 2 aromatic rings. The SMILES string of the molecule is NC1(c2nc(CSc3cccc(F)c3)no2)CCCC1. The van der Waals surface area contributed by atoms with E-state index in [0.717, 1.165) is 30.6 Å². The number of aromatic nitrogens is 2. The van der Waals surface area contributed by atoms with Crippen LogP contribution in [0.4, 0.5) is 4.39 Å². The molecule has 0 unspecified atom stereocenters. The molecule has 1 fully saturated rings. The van der Waals surface area contributed by atoms with E-state index in [9.17, 15) is 4.39 Å². The first kappa shape index (κ1) is 13.6. The van der Waals surface area contributed by atoms with Crippen molar-refractivity contribution in [2.75, 3.05) is 0 Å². The quantitative estimate of drug-likeness (QED) is 0.877. The van der Waals surface area contributed by atoms with Crippen molar-refractivity contribution in [1.29, 1.82) is 0 Å². The molecule has 2 N–H and O–H groups in total. The number of nitrogens with two attached hydrogens (primary N) is 1. The lowest BCUT2D eigenvalue weighted by Crippen LogP contribution is -2.33. The highest BCUT2D eigenvalue weighted by Gasteiger charge is 2.36. The van der Waals surface area contributed by atoms with Gasteiger partial charge in [-0.2, -0.15) is 4.98 Å². The third-order valence-corrected chi connectivity index (χ3v) is 4.54. The van der Waals surface area contributed by atoms with Crippen LogP contribution in [0.5, 0.6) is 0 Å². The van der Waals surface area contributed by atoms with Crippen LogP contribution in [0.2, 0.25) is 0 Å². The number of thioether (sulfide) groups is 1. The fourth-order valence-electron chi connectivity index (χ4n) is 2.44. The molecule has 1 heterocycles. The molecular weight excluding hydrogens is 277 g/mol. The Hall–Kier alpha value is -1.40. The smallest absolute Gasteiger partial charge is 0.246 e. The van der Waals surface area contributed by atoms with E-state index >= 15 is 0 Å². The van der Waals surface area contributed by atoms with E-state index in [-0.39, 0.29) is 5.82 Å². The van der Waals surface area contributed by atoms with Gasteiger partial charge in [0.1, 0.15) is 5.82 Å². The third-order valence-electron chi connectivity index (χ3n) is 3.55. The van der Waals surface area contributed by atoms with E-state index < -0.39 is 5.54 Å². The first-order valence-corrected chi connectivity index (χ1v) is 7.65. The molecule has 1 aromatic carbocycles. The second-order valence-corrected chi connectivity index (χ2v) is 6.17. The molecule has 6 heteroatoms. The number of rotatable bonds is 4. The standard InChI is InChI=1S/C14H16FN3OS/c15-10-4-3-5-11(8-10)20-9-12-17-13(19-18-12)14(16)6-1-2-7-14/h3-5,8H,1-2,6-7,9,16H2. The van der Waals surface area contributed by atoms with Crippen molar-refractivity contribution in [2.24, 2.45) is 5.73 Å². The Balaban J connectivity index is 1.65. The summed E-state index contributed by atoms with van der Waals surface area (Å²) in [6, 6.07) is 6.46. The highest BCUT2D eigenvalue weighted by Crippen LogP contribution is 2.35. The molecule has 106 valence electrons. The van der Waals surface area contributed by atoms with Crippen LogP contribution in [0.15, 0.2) is 33.7 Å². The molecule has 0 amide bonds. The number of hydrogen-bond acceptors (Lipinski definition) is 5. The van der Waals surface area contributed by atoms with Gasteiger partial charge in [0, 0.05) is 4.90 Å². The number of nitrogens with zero attached hydrogens (tertiary/aromatic N) is 2. The molecule has 4 nitrogen and oxygen atoms in total. The molecule has 0 radical (unpaired) electrons. The first-order chi connectivity index (χ1) is 9.66. The van der Waals surface area contributed by atoms with Gasteiger partial charge in [-0.05, 0) is 31.0 Å². The molecule has 20 heavy (non-hydrogen) atoms. The van der Waals surface area contributed by atoms with Gasteiger partial charge in [0.15, 0.2) is 5.82 Å². The van der Waals surface area contributed by atoms with Crippen LogP contribution in [0.3, 0.4) is 0 Å². The zero-order valence-corrected chi connectivity index (χ0v) is 11.8. The second-order valence-electron chi connectivity index (χ2n) is 5.13. The van der Waals surface area contributed by atoms with Gasteiger partial charge >= 0.3 is 0 Å². The van der Waals surface area contributed by atoms with Crippen molar-refractivity contribution in [2.45, 2.75) is 41.9 Å². The van der Waals surface area contributed by atoms with Crippen LogP contribution >= 0.6 is 11.8 Å². The topological polar surface area (TPSA) is 64.9 Å². The van der Waals surface area contributed by atoms with Crippen LogP contribution in [-0.4, -0.2) is 10.1 Å². The monoisotopic (exact) mass is 293 g/mol. The van der Waals surface area contributed by atoms with E-state index in [4.69, 9.17) is 10.3 Å². The van der Waals surface area contributed by atoms with Crippen LogP contribution in [0.25, 0.3) is 0 Å². The Kier molecular flexibility index (Phi) is 3.76. The summed E-state index contributed by atoms with van der Waals surface area (Å²) in [5, 5.41) is 3.96. The molecule has 0 atom stereocenters. The second kappa shape index (κ2) is 5.54. The average Bonchev–Trinajstić information content (AvgIpc) is 3.06. The summed E-state index contributed by atoms with van der Waals surface area (Å²) in [5.74, 6) is 1.44. The molecular formula is C14H16FN3OS. The molecule has 1 aromatic heterocycles. The molecule has 0 bridgehead atoms. The summed E-state index contributed by atoms with van der Waals surface area (Å²) in [7, 11) is 0. The molecule has 1 aliphatic carbocycles. The molecule has 3 rings (SSSR count). The third kappa shape index (κ3) is 2.86. The van der Waals surface area contributed by atoms with Crippen molar-refractivity contribution < 1.29 is 8.91 Å². The maximum atomic E-state index is 13.1. The Labute approximate surface area is 120 Å². The molecule has 0 aliphatic heterocycles. The lowest BCUT2D eigenvalue weighted by molar-refractivity contribution is 0.284. The summed E-state index contributed by atoms with van der Waals surface area (Å²) in [5.41, 5.74) is 5.82. The number of hydrogen-bond donors (Lipinski definition) is 1. The summed E-state index contributed by atoms with van der Waals surface area (Å²) < 4.78 is 18.4. The fourth-order valence-corrected chi connectivity index (χ4v) is 3.22. The zero-order valence-electron chi connectivity index (χ0n) is 11.0. The van der Waals surface area contributed by atoms with Gasteiger partial charge in [0.25, 0.3) is 0 Å². The lowest BCUT2D eigenvalue weighted by Gasteiger charge is -2.17. The van der Waals surface area contributed by atoms with Gasteiger partial charge in [-0.25, -0.2) is 4.39 Å². The Morgan fingerprint density at radius 2 is 2.15 bits per heavy atom. The van der Waals surface area contributed by atoms with Crippen molar-refractivity contribution >= 4 is 11.8 Å². The molecule has 1 aliphatic rings. The van der Waals surface area contributed by atoms with Crippen molar-refractivity contribution in [3.8, 4) is 0 Å². The average molecular weight is 293 g/mol. The van der Waals surface area contributed by atoms with E-state index in [2.05, 4.69) is 10.1 Å². The van der Waals surface area contributed by atoms with Crippen LogP contribution < -0.4 is 5.73 Å². The van der Waals surface area contributed by atoms with E-state index in [1.165, 1.54) is 23.9 Å². The minimum atomic E-state index is -0.450. The van der Waals surface area contributed by atoms with Crippen LogP contribution in [0.1, 0.15) is 37.4 Å². The first-order valence-electron chi connectivity index (χ1n) is 6.66. The minimum absolute atomic E-state index is 0.240. The molecule has 0 spiro atoms. The van der Waals surface area contributed by atoms with Crippen molar-refractivity contribution in [1.82, 2.24) is 10.1 Å². The predicted molar refractivity (Wildman–Crippen MR) is 74.6 cm³/mol. The molecule has 1 saturated carbocycles. The molecule has 0 saturated heterocycles. The highest BCUT2D eigenvalue weighted by molar-refractivity contribution is 7.98. The highest BCUT2D eigenvalue weighted by atomic mass is 32.2. The lowest BCUT2D eigenvalue weighted by atomic mass is 10.00. The largest absolute Gasteiger partial charge is 0.337 e. The van der Waals surface area contributed by atoms with E-state index in [1.54, 1.807) is 6.07 Å². The number of halogens is 1. The van der Waals surface area contributed by atoms with Gasteiger partial charge in [0.2, 0.25) is 5.89 Å². The van der Waals surface area contributed by atoms with Crippen molar-refractivity contribution in [3.05, 3.63) is 41.8 Å². The van der Waals surface area contributed by atoms with Crippen LogP contribution in [0, 0.1) is 5.82 Å². The Morgan fingerprint density at radius 3 is 2.90 bits per heavy atom. The van der Waals surface area contributed by atoms with Crippen LogP contribution in [-0.2, 0) is 11.3 Å². The zero-order chi connectivity index (χ0) is 14.0. The van der Waals surface area contributed by atoms with Gasteiger partial charge in [0.05, 0.1) is 11.3 Å². The van der Waals surface area contributed by atoms with E-state index in [0.29, 0.717) is 17.5 Å². The Bertz CT molecular complexity index is 596. The maximum Gasteiger partial charge on any atom is 0.246 e. The summed E-state index contributed by atoms with van der Waals surface area (Å²) >= 11 is 1.48. The van der Waals surface area contributed by atoms with Gasteiger partial charge in [-0.3, -0.25) is 0 Å². The minimum Gasteiger partial charge on any atom is -0.337 e. The van der Waals surface area contributed by atoms with E-state index in [1.807, 2.05) is 6.07 Å². The normalized spacial score (nSPS) is 17.5. The maximum absolute atomic E-state index is 13.1. The van der Waals surface area contributed by atoms with Crippen molar-refractivity contribution in [3.63, 3.8) is 0 Å². The van der Waals surface area contributed by atoms with Gasteiger partial charge in [-0.1, -0.05) is 24.1 Å². The van der Waals surface area contributed by atoms with Gasteiger partial charge in [-0.15, -0.1) is 11.8 Å². The summed E-state index contributed by atoms with van der Waals surface area (Å²) in [6.45, 7) is 0. The number of benzene rings is 1. The summed E-state index contributed by atoms with van der Waals surface area (Å²) in [6.07, 6.45) is 4.00. The fraction of sp³-hybridized carbons (Fsp3) is 0.429. The summed E-state index contributed by atoms with van der Waals surface area (Å²) in [4.78, 5) is 5.23.